The van der Waals surface area contributed by atoms with Gasteiger partial charge in [0.2, 0.25) is 5.78 Å². The molecule has 1 aliphatic heterocycles. The standard InChI is InChI=1S/C23H15BrO5/c1-27-19-5-3-2-4-18(19)23(26)28-16-10-11-17-20(13-16)29-21(22(17)25)12-14-6-8-15(24)9-7-14/h2-13H,1H3/b21-12-. The molecule has 3 aromatic rings. The molecule has 0 aliphatic carbocycles. The minimum Gasteiger partial charge on any atom is -0.496 e. The lowest BCUT2D eigenvalue weighted by atomic mass is 10.1. The molecule has 0 unspecified atom stereocenters. The molecule has 6 heteroatoms. The minimum absolute atomic E-state index is 0.217. The van der Waals surface area contributed by atoms with Crippen LogP contribution in [-0.2, 0) is 0 Å². The number of benzene rings is 3. The first-order chi connectivity index (χ1) is 14.0. The molecule has 4 rings (SSSR count). The van der Waals surface area contributed by atoms with Crippen molar-refractivity contribution >= 4 is 33.8 Å². The van der Waals surface area contributed by atoms with Gasteiger partial charge in [0.15, 0.2) is 5.76 Å². The number of ketones is 1. The second-order valence-corrected chi connectivity index (χ2v) is 7.15. The molecule has 0 saturated heterocycles. The topological polar surface area (TPSA) is 61.8 Å². The molecule has 0 spiro atoms. The van der Waals surface area contributed by atoms with Gasteiger partial charge in [-0.15, -0.1) is 0 Å². The number of halogens is 1. The summed E-state index contributed by atoms with van der Waals surface area (Å²) >= 11 is 3.38. The molecular formula is C23H15BrO5. The molecule has 0 aromatic heterocycles. The van der Waals surface area contributed by atoms with Crippen LogP contribution in [0, 0.1) is 0 Å². The van der Waals surface area contributed by atoms with E-state index in [2.05, 4.69) is 15.9 Å². The molecule has 29 heavy (non-hydrogen) atoms. The van der Waals surface area contributed by atoms with Crippen LogP contribution in [0.1, 0.15) is 26.3 Å². The molecule has 0 bridgehead atoms. The number of Topliss-reactive ketones (excluding diaryl/α,β-unsaturated/α-hetero) is 1. The van der Waals surface area contributed by atoms with Crippen molar-refractivity contribution in [3.63, 3.8) is 0 Å². The number of rotatable bonds is 4. The number of carbonyl (C=O) groups excluding carboxylic acids is 2. The Bertz CT molecular complexity index is 1130. The highest BCUT2D eigenvalue weighted by atomic mass is 79.9. The van der Waals surface area contributed by atoms with E-state index in [9.17, 15) is 9.59 Å². The van der Waals surface area contributed by atoms with Crippen LogP contribution in [0.4, 0.5) is 0 Å². The molecular weight excluding hydrogens is 436 g/mol. The Kier molecular flexibility index (Phi) is 5.18. The summed E-state index contributed by atoms with van der Waals surface area (Å²) in [7, 11) is 1.49. The Hall–Kier alpha value is -3.38. The molecule has 0 saturated carbocycles. The number of allylic oxidation sites excluding steroid dienone is 1. The van der Waals surface area contributed by atoms with E-state index in [1.807, 2.05) is 24.3 Å². The summed E-state index contributed by atoms with van der Waals surface area (Å²) in [5.74, 6) is 0.490. The van der Waals surface area contributed by atoms with Gasteiger partial charge in [-0.3, -0.25) is 4.79 Å². The monoisotopic (exact) mass is 450 g/mol. The third-order valence-corrected chi connectivity index (χ3v) is 4.88. The first-order valence-electron chi connectivity index (χ1n) is 8.74. The highest BCUT2D eigenvalue weighted by Gasteiger charge is 2.28. The van der Waals surface area contributed by atoms with Gasteiger partial charge in [-0.2, -0.15) is 0 Å². The molecule has 1 aliphatic rings. The number of esters is 1. The summed E-state index contributed by atoms with van der Waals surface area (Å²) in [5, 5.41) is 0. The lowest BCUT2D eigenvalue weighted by Gasteiger charge is -2.08. The highest BCUT2D eigenvalue weighted by Crippen LogP contribution is 2.35. The van der Waals surface area contributed by atoms with Crippen LogP contribution in [0.25, 0.3) is 6.08 Å². The average molecular weight is 451 g/mol. The Balaban J connectivity index is 1.56. The molecule has 0 N–H and O–H groups in total. The van der Waals surface area contributed by atoms with Gasteiger partial charge in [0.25, 0.3) is 0 Å². The molecule has 0 radical (unpaired) electrons. The lowest BCUT2D eigenvalue weighted by molar-refractivity contribution is 0.0731. The third-order valence-electron chi connectivity index (χ3n) is 4.35. The summed E-state index contributed by atoms with van der Waals surface area (Å²) in [5.41, 5.74) is 1.57. The largest absolute Gasteiger partial charge is 0.496 e. The van der Waals surface area contributed by atoms with E-state index in [1.54, 1.807) is 42.5 Å². The van der Waals surface area contributed by atoms with Crippen molar-refractivity contribution in [3.05, 3.63) is 93.7 Å². The number of fused-ring (bicyclic) bond motifs is 1. The van der Waals surface area contributed by atoms with Crippen molar-refractivity contribution in [1.29, 1.82) is 0 Å². The third kappa shape index (κ3) is 3.93. The minimum atomic E-state index is -0.558. The van der Waals surface area contributed by atoms with Crippen LogP contribution < -0.4 is 14.2 Å². The average Bonchev–Trinajstić information content (AvgIpc) is 3.04. The van der Waals surface area contributed by atoms with E-state index < -0.39 is 5.97 Å². The first-order valence-corrected chi connectivity index (χ1v) is 9.53. The zero-order chi connectivity index (χ0) is 20.4. The summed E-state index contributed by atoms with van der Waals surface area (Å²) in [4.78, 5) is 25.0. The Morgan fingerprint density at radius 2 is 1.79 bits per heavy atom. The quantitative estimate of drug-likeness (QED) is 0.306. The number of ether oxygens (including phenoxy) is 3. The summed E-state index contributed by atoms with van der Waals surface area (Å²) < 4.78 is 17.3. The Labute approximate surface area is 175 Å². The lowest BCUT2D eigenvalue weighted by Crippen LogP contribution is -2.10. The smallest absolute Gasteiger partial charge is 0.347 e. The second-order valence-electron chi connectivity index (χ2n) is 6.24. The number of methoxy groups -OCH3 is 1. The fraction of sp³-hybridized carbons (Fsp3) is 0.0435. The van der Waals surface area contributed by atoms with Gasteiger partial charge >= 0.3 is 5.97 Å². The number of hydrogen-bond acceptors (Lipinski definition) is 5. The van der Waals surface area contributed by atoms with Gasteiger partial charge in [-0.05, 0) is 48.0 Å². The number of para-hydroxylation sites is 1. The Morgan fingerprint density at radius 3 is 2.55 bits per heavy atom. The molecule has 5 nitrogen and oxygen atoms in total. The maximum atomic E-state index is 12.6. The predicted molar refractivity (Wildman–Crippen MR) is 111 cm³/mol. The molecule has 1 heterocycles. The highest BCUT2D eigenvalue weighted by molar-refractivity contribution is 9.10. The van der Waals surface area contributed by atoms with Crippen LogP contribution in [0.3, 0.4) is 0 Å². The van der Waals surface area contributed by atoms with Gasteiger partial charge in [-0.25, -0.2) is 4.79 Å². The summed E-state index contributed by atoms with van der Waals surface area (Å²) in [6, 6.07) is 19.0. The summed E-state index contributed by atoms with van der Waals surface area (Å²) in [6.07, 6.45) is 1.68. The van der Waals surface area contributed by atoms with Gasteiger partial charge in [0.1, 0.15) is 22.8 Å². The zero-order valence-corrected chi connectivity index (χ0v) is 16.9. The fourth-order valence-electron chi connectivity index (χ4n) is 2.92. The van der Waals surface area contributed by atoms with Gasteiger partial charge < -0.3 is 14.2 Å². The van der Waals surface area contributed by atoms with E-state index in [0.29, 0.717) is 22.6 Å². The fourth-order valence-corrected chi connectivity index (χ4v) is 3.18. The number of carbonyl (C=O) groups is 2. The van der Waals surface area contributed by atoms with Crippen molar-refractivity contribution in [2.24, 2.45) is 0 Å². The number of hydrogen-bond donors (Lipinski definition) is 0. The van der Waals surface area contributed by atoms with Crippen LogP contribution >= 0.6 is 15.9 Å². The Morgan fingerprint density at radius 1 is 1.03 bits per heavy atom. The van der Waals surface area contributed by atoms with Crippen molar-refractivity contribution in [2.75, 3.05) is 7.11 Å². The van der Waals surface area contributed by atoms with Crippen molar-refractivity contribution in [1.82, 2.24) is 0 Å². The molecule has 144 valence electrons. The van der Waals surface area contributed by atoms with Gasteiger partial charge in [0, 0.05) is 10.5 Å². The van der Waals surface area contributed by atoms with Crippen LogP contribution in [-0.4, -0.2) is 18.9 Å². The van der Waals surface area contributed by atoms with Crippen molar-refractivity contribution in [3.8, 4) is 17.2 Å². The molecule has 0 atom stereocenters. The van der Waals surface area contributed by atoms with Crippen LogP contribution in [0.5, 0.6) is 17.2 Å². The van der Waals surface area contributed by atoms with Gasteiger partial charge in [0.05, 0.1) is 12.7 Å². The molecule has 0 fully saturated rings. The normalized spacial score (nSPS) is 13.7. The van der Waals surface area contributed by atoms with Crippen molar-refractivity contribution < 1.29 is 23.8 Å². The van der Waals surface area contributed by atoms with Crippen LogP contribution in [0.15, 0.2) is 77.0 Å². The van der Waals surface area contributed by atoms with E-state index in [1.165, 1.54) is 13.2 Å². The molecule has 0 amide bonds. The van der Waals surface area contributed by atoms with Gasteiger partial charge in [-0.1, -0.05) is 40.2 Å². The maximum absolute atomic E-state index is 12.6. The SMILES string of the molecule is COc1ccccc1C(=O)Oc1ccc2c(c1)O/C(=C\c1ccc(Br)cc1)C2=O. The van der Waals surface area contributed by atoms with Crippen molar-refractivity contribution in [2.45, 2.75) is 0 Å². The molecule has 3 aromatic carbocycles. The first kappa shape index (κ1) is 19.0. The van der Waals surface area contributed by atoms with E-state index in [-0.39, 0.29) is 17.3 Å². The van der Waals surface area contributed by atoms with E-state index in [0.717, 1.165) is 10.0 Å². The predicted octanol–water partition coefficient (Wildman–Crippen LogP) is 5.29. The maximum Gasteiger partial charge on any atom is 0.347 e. The van der Waals surface area contributed by atoms with Crippen LogP contribution in [0.2, 0.25) is 0 Å². The zero-order valence-electron chi connectivity index (χ0n) is 15.3. The second kappa shape index (κ2) is 7.93. The van der Waals surface area contributed by atoms with E-state index >= 15 is 0 Å². The summed E-state index contributed by atoms with van der Waals surface area (Å²) in [6.45, 7) is 0. The van der Waals surface area contributed by atoms with E-state index in [4.69, 9.17) is 14.2 Å².